The molecule has 1 amide bonds. The number of carbonyl (C=O) groups is 2. The molecule has 2 aliphatic heterocycles. The largest absolute Gasteiger partial charge is 0.480 e. The number of benzene rings is 2. The van der Waals surface area contributed by atoms with Crippen LogP contribution in [0.1, 0.15) is 71.7 Å². The van der Waals surface area contributed by atoms with Crippen molar-refractivity contribution in [3.8, 4) is 11.3 Å². The number of aliphatic carboxylic acids is 1. The van der Waals surface area contributed by atoms with Crippen molar-refractivity contribution in [1.29, 1.82) is 0 Å². The molecule has 2 unspecified atom stereocenters. The zero-order valence-corrected chi connectivity index (χ0v) is 23.7. The first kappa shape index (κ1) is 26.2. The summed E-state index contributed by atoms with van der Waals surface area (Å²) in [7, 11) is 0. The van der Waals surface area contributed by atoms with Crippen molar-refractivity contribution in [1.82, 2.24) is 15.5 Å². The molecule has 9 nitrogen and oxygen atoms in total. The van der Waals surface area contributed by atoms with Crippen LogP contribution >= 0.6 is 11.3 Å². The van der Waals surface area contributed by atoms with Gasteiger partial charge in [0.1, 0.15) is 18.0 Å². The van der Waals surface area contributed by atoms with Gasteiger partial charge >= 0.3 is 5.97 Å². The highest BCUT2D eigenvalue weighted by Gasteiger charge is 2.43. The maximum Gasteiger partial charge on any atom is 0.322 e. The van der Waals surface area contributed by atoms with Crippen LogP contribution in [0.3, 0.4) is 0 Å². The van der Waals surface area contributed by atoms with Crippen LogP contribution in [0.5, 0.6) is 0 Å². The van der Waals surface area contributed by atoms with Gasteiger partial charge in [0.15, 0.2) is 5.13 Å². The molecule has 0 spiro atoms. The molecule has 212 valence electrons. The van der Waals surface area contributed by atoms with Crippen LogP contribution < -0.4 is 10.2 Å². The quantitative estimate of drug-likeness (QED) is 0.264. The number of ether oxygens (including phenoxy) is 1. The van der Waals surface area contributed by atoms with Crippen molar-refractivity contribution >= 4 is 38.6 Å². The molecule has 1 aliphatic carbocycles. The lowest BCUT2D eigenvalue weighted by Crippen LogP contribution is -2.45. The summed E-state index contributed by atoms with van der Waals surface area (Å²) in [6.07, 6.45) is 6.56. The third kappa shape index (κ3) is 5.10. The summed E-state index contributed by atoms with van der Waals surface area (Å²) < 4.78 is 13.4. The Morgan fingerprint density at radius 3 is 2.63 bits per heavy atom. The molecule has 2 aromatic heterocycles. The van der Waals surface area contributed by atoms with Crippen molar-refractivity contribution in [2.75, 3.05) is 11.4 Å². The average Bonchev–Trinajstić information content (AvgIpc) is 3.49. The van der Waals surface area contributed by atoms with Gasteiger partial charge in [-0.05, 0) is 69.2 Å². The molecule has 4 heterocycles. The predicted molar refractivity (Wildman–Crippen MR) is 155 cm³/mol. The summed E-state index contributed by atoms with van der Waals surface area (Å²) in [6, 6.07) is 14.4. The van der Waals surface area contributed by atoms with E-state index in [0.29, 0.717) is 30.2 Å². The van der Waals surface area contributed by atoms with Gasteiger partial charge in [0.2, 0.25) is 0 Å². The second-order valence-corrected chi connectivity index (χ2v) is 12.4. The minimum Gasteiger partial charge on any atom is -0.480 e. The predicted octanol–water partition coefficient (Wildman–Crippen LogP) is 5.67. The Balaban J connectivity index is 1.05. The van der Waals surface area contributed by atoms with Crippen molar-refractivity contribution in [3.63, 3.8) is 0 Å². The number of hydrogen-bond acceptors (Lipinski definition) is 8. The minimum absolute atomic E-state index is 0.161. The highest BCUT2D eigenvalue weighted by molar-refractivity contribution is 7.22. The first-order chi connectivity index (χ1) is 19.9. The molecular weight excluding hydrogens is 540 g/mol. The number of nitrogens with one attached hydrogen (secondary N) is 1. The monoisotopic (exact) mass is 572 g/mol. The fraction of sp³-hybridized carbons (Fsp3) is 0.419. The van der Waals surface area contributed by atoms with Crippen LogP contribution in [0.4, 0.5) is 5.13 Å². The third-order valence-electron chi connectivity index (χ3n) is 8.58. The van der Waals surface area contributed by atoms with Crippen LogP contribution in [0.25, 0.3) is 21.5 Å². The van der Waals surface area contributed by atoms with E-state index in [9.17, 15) is 9.59 Å². The van der Waals surface area contributed by atoms with Crippen molar-refractivity contribution in [2.45, 2.75) is 76.2 Å². The van der Waals surface area contributed by atoms with Crippen LogP contribution in [-0.2, 0) is 16.1 Å². The average molecular weight is 573 g/mol. The lowest BCUT2D eigenvalue weighted by Gasteiger charge is -2.38. The number of amides is 1. The van der Waals surface area contributed by atoms with E-state index >= 15 is 0 Å². The van der Waals surface area contributed by atoms with Gasteiger partial charge in [-0.2, -0.15) is 0 Å². The minimum atomic E-state index is -1.07. The molecule has 3 aliphatic rings. The lowest BCUT2D eigenvalue weighted by atomic mass is 9.99. The van der Waals surface area contributed by atoms with E-state index in [1.807, 2.05) is 18.2 Å². The van der Waals surface area contributed by atoms with Gasteiger partial charge in [-0.1, -0.05) is 40.8 Å². The van der Waals surface area contributed by atoms with Gasteiger partial charge in [-0.15, -0.1) is 0 Å². The molecule has 41 heavy (non-hydrogen) atoms. The maximum atomic E-state index is 12.4. The smallest absolute Gasteiger partial charge is 0.322 e. The maximum absolute atomic E-state index is 12.4. The second kappa shape index (κ2) is 10.6. The fourth-order valence-corrected chi connectivity index (χ4v) is 7.53. The van der Waals surface area contributed by atoms with E-state index < -0.39 is 18.4 Å². The first-order valence-corrected chi connectivity index (χ1v) is 15.1. The van der Waals surface area contributed by atoms with Gasteiger partial charge in [0.05, 0.1) is 22.9 Å². The van der Waals surface area contributed by atoms with Crippen molar-refractivity contribution < 1.29 is 24.0 Å². The molecule has 1 saturated carbocycles. The Morgan fingerprint density at radius 1 is 1.12 bits per heavy atom. The van der Waals surface area contributed by atoms with Gasteiger partial charge in [0, 0.05) is 34.7 Å². The molecular formula is C31H32N4O5S. The number of aromatic nitrogens is 2. The Kier molecular flexibility index (Phi) is 6.75. The normalized spacial score (nSPS) is 21.9. The van der Waals surface area contributed by atoms with Crippen LogP contribution in [0.15, 0.2) is 47.0 Å². The Labute approximate surface area is 241 Å². The van der Waals surface area contributed by atoms with Gasteiger partial charge in [-0.3, -0.25) is 9.59 Å². The number of fused-ring (bicyclic) bond motifs is 3. The van der Waals surface area contributed by atoms with Crippen LogP contribution in [-0.4, -0.2) is 51.9 Å². The number of thiazole rings is 1. The van der Waals surface area contributed by atoms with Gasteiger partial charge < -0.3 is 24.6 Å². The number of piperidine rings is 1. The standard InChI is InChI=1S/C31H32N4O5S/c1-17-4-2-3-5-23(17)28-24(29(40-34-28)18-6-7-18)16-39-22-13-20-9-10-21(14-22)35(20)31-33-25-11-8-19(12-26(25)41-31)30(38)32-15-27(36)37/h2-5,8,11-12,18,20-22H,6-7,9-10,13-16H2,1H3,(H,32,38)(H,36,37)/t20-,21?,22?/m0/s1. The number of nitrogens with zero attached hydrogens (tertiary/aromatic N) is 3. The van der Waals surface area contributed by atoms with Gasteiger partial charge in [0.25, 0.3) is 5.91 Å². The van der Waals surface area contributed by atoms with E-state index in [-0.39, 0.29) is 6.10 Å². The van der Waals surface area contributed by atoms with E-state index in [2.05, 4.69) is 34.4 Å². The summed E-state index contributed by atoms with van der Waals surface area (Å²) in [5, 5.41) is 16.7. The SMILES string of the molecule is Cc1ccccc1-c1noc(C2CC2)c1COC1CC2CC[C@@H](C1)N2c1nc2ccc(C(=O)NCC(=O)O)cc2s1. The zero-order chi connectivity index (χ0) is 28.1. The van der Waals surface area contributed by atoms with Crippen LogP contribution in [0, 0.1) is 6.92 Å². The highest BCUT2D eigenvalue weighted by atomic mass is 32.1. The Hall–Kier alpha value is -3.76. The number of carbonyl (C=O) groups excluding carboxylic acids is 1. The molecule has 2 aromatic carbocycles. The molecule has 2 N–H and O–H groups in total. The molecule has 2 bridgehead atoms. The van der Waals surface area contributed by atoms with E-state index in [1.165, 1.54) is 5.56 Å². The molecule has 4 aromatic rings. The number of anilines is 1. The summed E-state index contributed by atoms with van der Waals surface area (Å²) in [6.45, 7) is 2.21. The molecule has 0 radical (unpaired) electrons. The molecule has 3 atom stereocenters. The highest BCUT2D eigenvalue weighted by Crippen LogP contribution is 2.46. The Morgan fingerprint density at radius 2 is 1.90 bits per heavy atom. The topological polar surface area (TPSA) is 118 Å². The summed E-state index contributed by atoms with van der Waals surface area (Å²) in [5.41, 5.74) is 5.59. The Bertz CT molecular complexity index is 1610. The van der Waals surface area contributed by atoms with E-state index in [1.54, 1.807) is 23.5 Å². The first-order valence-electron chi connectivity index (χ1n) is 14.3. The molecule has 3 fully saturated rings. The number of carboxylic acid groups (broad SMARTS) is 1. The number of carboxylic acids is 1. The molecule has 10 heteroatoms. The number of rotatable bonds is 9. The molecule has 7 rings (SSSR count). The van der Waals surface area contributed by atoms with Gasteiger partial charge in [-0.25, -0.2) is 4.98 Å². The lowest BCUT2D eigenvalue weighted by molar-refractivity contribution is -0.135. The summed E-state index contributed by atoms with van der Waals surface area (Å²) in [4.78, 5) is 30.5. The van der Waals surface area contributed by atoms with E-state index in [0.717, 1.165) is 76.5 Å². The zero-order valence-electron chi connectivity index (χ0n) is 22.8. The fourth-order valence-electron chi connectivity index (χ4n) is 6.38. The van der Waals surface area contributed by atoms with Crippen molar-refractivity contribution in [3.05, 3.63) is 64.9 Å². The number of aryl methyl sites for hydroxylation is 1. The van der Waals surface area contributed by atoms with Crippen molar-refractivity contribution in [2.24, 2.45) is 0 Å². The molecule has 2 saturated heterocycles. The third-order valence-corrected chi connectivity index (χ3v) is 9.61. The second-order valence-electron chi connectivity index (χ2n) is 11.4. The van der Waals surface area contributed by atoms with E-state index in [4.69, 9.17) is 19.4 Å². The summed E-state index contributed by atoms with van der Waals surface area (Å²) >= 11 is 1.59. The van der Waals surface area contributed by atoms with Crippen LogP contribution in [0.2, 0.25) is 0 Å². The summed E-state index contributed by atoms with van der Waals surface area (Å²) in [5.74, 6) is -0.0155. The number of hydrogen-bond donors (Lipinski definition) is 2.